The highest BCUT2D eigenvalue weighted by Gasteiger charge is 2.15. The van der Waals surface area contributed by atoms with Crippen LogP contribution < -0.4 is 5.32 Å². The third-order valence-corrected chi connectivity index (χ3v) is 3.29. The molecular formula is C13H26N2O3. The monoisotopic (exact) mass is 258 g/mol. The topological polar surface area (TPSA) is 50.8 Å². The molecule has 0 spiro atoms. The molecule has 1 aliphatic rings. The van der Waals surface area contributed by atoms with E-state index in [-0.39, 0.29) is 12.0 Å². The molecule has 1 rings (SSSR count). The summed E-state index contributed by atoms with van der Waals surface area (Å²) in [5.41, 5.74) is 0. The summed E-state index contributed by atoms with van der Waals surface area (Å²) in [5.74, 6) is 0.198. The summed E-state index contributed by atoms with van der Waals surface area (Å²) >= 11 is 0. The Balaban J connectivity index is 2.18. The van der Waals surface area contributed by atoms with Gasteiger partial charge in [-0.05, 0) is 12.8 Å². The van der Waals surface area contributed by atoms with Crippen molar-refractivity contribution in [2.75, 3.05) is 47.0 Å². The number of ether oxygens (including phenoxy) is 2. The number of likely N-dealkylation sites (tertiary alicyclic amines) is 1. The zero-order valence-electron chi connectivity index (χ0n) is 11.6. The van der Waals surface area contributed by atoms with E-state index in [1.54, 1.807) is 14.2 Å². The highest BCUT2D eigenvalue weighted by molar-refractivity contribution is 5.78. The average molecular weight is 258 g/mol. The van der Waals surface area contributed by atoms with Gasteiger partial charge in [-0.15, -0.1) is 0 Å². The number of carbonyl (C=O) groups is 1. The number of nitrogens with zero attached hydrogens (tertiary/aromatic N) is 1. The standard InChI is InChI=1S/C13H26N2O3/c1-17-11-12(18-2)9-14-10-13(16)15-7-5-3-4-6-8-15/h12,14H,3-11H2,1-2H3. The fraction of sp³-hybridized carbons (Fsp3) is 0.923. The fourth-order valence-corrected chi connectivity index (χ4v) is 2.17. The van der Waals surface area contributed by atoms with Crippen LogP contribution >= 0.6 is 0 Å². The predicted molar refractivity (Wildman–Crippen MR) is 70.6 cm³/mol. The Hall–Kier alpha value is -0.650. The molecule has 0 radical (unpaired) electrons. The predicted octanol–water partition coefficient (Wildman–Crippen LogP) is 0.640. The summed E-state index contributed by atoms with van der Waals surface area (Å²) in [6, 6.07) is 0. The summed E-state index contributed by atoms with van der Waals surface area (Å²) in [4.78, 5) is 13.9. The molecular weight excluding hydrogens is 232 g/mol. The third kappa shape index (κ3) is 5.80. The minimum Gasteiger partial charge on any atom is -0.382 e. The molecule has 1 saturated heterocycles. The van der Waals surface area contributed by atoms with Crippen LogP contribution in [0.1, 0.15) is 25.7 Å². The quantitative estimate of drug-likeness (QED) is 0.728. The first-order chi connectivity index (χ1) is 8.77. The lowest BCUT2D eigenvalue weighted by Gasteiger charge is -2.21. The first kappa shape index (κ1) is 15.4. The van der Waals surface area contributed by atoms with E-state index in [0.29, 0.717) is 19.7 Å². The van der Waals surface area contributed by atoms with E-state index in [4.69, 9.17) is 9.47 Å². The van der Waals surface area contributed by atoms with Crippen LogP contribution in [0.4, 0.5) is 0 Å². The first-order valence-corrected chi connectivity index (χ1v) is 6.78. The third-order valence-electron chi connectivity index (χ3n) is 3.29. The van der Waals surface area contributed by atoms with Crippen LogP contribution in [0.15, 0.2) is 0 Å². The van der Waals surface area contributed by atoms with E-state index in [2.05, 4.69) is 5.32 Å². The van der Waals surface area contributed by atoms with Crippen LogP contribution in [-0.2, 0) is 14.3 Å². The number of methoxy groups -OCH3 is 2. The summed E-state index contributed by atoms with van der Waals surface area (Å²) in [5, 5.41) is 3.14. The van der Waals surface area contributed by atoms with Gasteiger partial charge in [-0.2, -0.15) is 0 Å². The second-order valence-electron chi connectivity index (χ2n) is 4.74. The van der Waals surface area contributed by atoms with Gasteiger partial charge in [0.15, 0.2) is 0 Å². The Kier molecular flexibility index (Phi) is 7.96. The molecule has 1 unspecified atom stereocenters. The van der Waals surface area contributed by atoms with Crippen LogP contribution in [0.25, 0.3) is 0 Å². The molecule has 0 saturated carbocycles. The summed E-state index contributed by atoms with van der Waals surface area (Å²) in [6.45, 7) is 3.40. The number of carbonyl (C=O) groups excluding carboxylic acids is 1. The average Bonchev–Trinajstić information content (AvgIpc) is 2.66. The largest absolute Gasteiger partial charge is 0.382 e. The maximum Gasteiger partial charge on any atom is 0.236 e. The fourth-order valence-electron chi connectivity index (χ4n) is 2.17. The van der Waals surface area contributed by atoms with Crippen molar-refractivity contribution in [2.24, 2.45) is 0 Å². The lowest BCUT2D eigenvalue weighted by molar-refractivity contribution is -0.130. The zero-order valence-corrected chi connectivity index (χ0v) is 11.6. The number of rotatable bonds is 7. The molecule has 1 aliphatic heterocycles. The Morgan fingerprint density at radius 1 is 1.22 bits per heavy atom. The lowest BCUT2D eigenvalue weighted by atomic mass is 10.2. The second-order valence-corrected chi connectivity index (χ2v) is 4.74. The Labute approximate surface area is 110 Å². The summed E-state index contributed by atoms with van der Waals surface area (Å²) in [6.07, 6.45) is 4.77. The SMILES string of the molecule is COCC(CNCC(=O)N1CCCCCC1)OC. The van der Waals surface area contributed by atoms with Gasteiger partial charge in [-0.1, -0.05) is 12.8 Å². The van der Waals surface area contributed by atoms with Gasteiger partial charge in [0.2, 0.25) is 5.91 Å². The van der Waals surface area contributed by atoms with Crippen molar-refractivity contribution in [1.82, 2.24) is 10.2 Å². The molecule has 1 atom stereocenters. The summed E-state index contributed by atoms with van der Waals surface area (Å²) in [7, 11) is 3.30. The van der Waals surface area contributed by atoms with E-state index >= 15 is 0 Å². The molecule has 1 amide bonds. The van der Waals surface area contributed by atoms with Crippen LogP contribution in [0.5, 0.6) is 0 Å². The molecule has 0 bridgehead atoms. The number of nitrogens with one attached hydrogen (secondary N) is 1. The molecule has 1 fully saturated rings. The van der Waals surface area contributed by atoms with Crippen LogP contribution in [0.3, 0.4) is 0 Å². The molecule has 5 nitrogen and oxygen atoms in total. The normalized spacial score (nSPS) is 18.4. The van der Waals surface area contributed by atoms with Crippen molar-refractivity contribution in [3.05, 3.63) is 0 Å². The van der Waals surface area contributed by atoms with E-state index in [9.17, 15) is 4.79 Å². The second kappa shape index (κ2) is 9.30. The Bertz CT molecular complexity index is 228. The Morgan fingerprint density at radius 3 is 2.44 bits per heavy atom. The Morgan fingerprint density at radius 2 is 1.89 bits per heavy atom. The number of hydrogen-bond donors (Lipinski definition) is 1. The zero-order chi connectivity index (χ0) is 13.2. The highest BCUT2D eigenvalue weighted by Crippen LogP contribution is 2.09. The number of amides is 1. The number of hydrogen-bond acceptors (Lipinski definition) is 4. The summed E-state index contributed by atoms with van der Waals surface area (Å²) < 4.78 is 10.3. The molecule has 0 aromatic heterocycles. The molecule has 0 aliphatic carbocycles. The minimum atomic E-state index is 0.00642. The van der Waals surface area contributed by atoms with Gasteiger partial charge in [0.25, 0.3) is 0 Å². The molecule has 1 heterocycles. The molecule has 0 aromatic carbocycles. The van der Waals surface area contributed by atoms with E-state index < -0.39 is 0 Å². The van der Waals surface area contributed by atoms with Crippen LogP contribution in [0, 0.1) is 0 Å². The molecule has 1 N–H and O–H groups in total. The van der Waals surface area contributed by atoms with Crippen molar-refractivity contribution in [3.8, 4) is 0 Å². The molecule has 18 heavy (non-hydrogen) atoms. The van der Waals surface area contributed by atoms with Gasteiger partial charge in [0.1, 0.15) is 0 Å². The maximum atomic E-state index is 12.0. The van der Waals surface area contributed by atoms with E-state index in [0.717, 1.165) is 25.9 Å². The van der Waals surface area contributed by atoms with E-state index in [1.807, 2.05) is 4.90 Å². The molecule has 106 valence electrons. The van der Waals surface area contributed by atoms with Gasteiger partial charge < -0.3 is 19.7 Å². The lowest BCUT2D eigenvalue weighted by Crippen LogP contribution is -2.41. The van der Waals surface area contributed by atoms with Gasteiger partial charge in [-0.3, -0.25) is 4.79 Å². The van der Waals surface area contributed by atoms with Crippen molar-refractivity contribution in [3.63, 3.8) is 0 Å². The van der Waals surface area contributed by atoms with Gasteiger partial charge in [-0.25, -0.2) is 0 Å². The van der Waals surface area contributed by atoms with Crippen molar-refractivity contribution < 1.29 is 14.3 Å². The smallest absolute Gasteiger partial charge is 0.236 e. The van der Waals surface area contributed by atoms with Crippen LogP contribution in [-0.4, -0.2) is 63.9 Å². The highest BCUT2D eigenvalue weighted by atomic mass is 16.5. The molecule has 5 heteroatoms. The van der Waals surface area contributed by atoms with Gasteiger partial charge >= 0.3 is 0 Å². The van der Waals surface area contributed by atoms with Crippen molar-refractivity contribution in [1.29, 1.82) is 0 Å². The van der Waals surface area contributed by atoms with E-state index in [1.165, 1.54) is 12.8 Å². The molecule has 0 aromatic rings. The van der Waals surface area contributed by atoms with Gasteiger partial charge in [0.05, 0.1) is 19.3 Å². The minimum absolute atomic E-state index is 0.00642. The first-order valence-electron chi connectivity index (χ1n) is 6.78. The van der Waals surface area contributed by atoms with Crippen LogP contribution in [0.2, 0.25) is 0 Å². The van der Waals surface area contributed by atoms with Crippen molar-refractivity contribution in [2.45, 2.75) is 31.8 Å². The maximum absolute atomic E-state index is 12.0. The van der Waals surface area contributed by atoms with Gasteiger partial charge in [0, 0.05) is 33.9 Å². The van der Waals surface area contributed by atoms with Crippen molar-refractivity contribution >= 4 is 5.91 Å².